The van der Waals surface area contributed by atoms with Crippen LogP contribution in [0.2, 0.25) is 0 Å². The summed E-state index contributed by atoms with van der Waals surface area (Å²) in [6.45, 7) is 2.89. The lowest BCUT2D eigenvalue weighted by atomic mass is 9.75. The van der Waals surface area contributed by atoms with Gasteiger partial charge >= 0.3 is 0 Å². The highest BCUT2D eigenvalue weighted by Crippen LogP contribution is 2.49. The van der Waals surface area contributed by atoms with Gasteiger partial charge in [0.25, 0.3) is 0 Å². The minimum atomic E-state index is -1.69. The molecule has 5 nitrogen and oxygen atoms in total. The summed E-state index contributed by atoms with van der Waals surface area (Å²) in [5, 5.41) is 10.5. The van der Waals surface area contributed by atoms with Gasteiger partial charge in [0.05, 0.1) is 13.0 Å². The van der Waals surface area contributed by atoms with Gasteiger partial charge in [-0.3, -0.25) is 4.79 Å². The van der Waals surface area contributed by atoms with Crippen molar-refractivity contribution >= 4 is 5.78 Å². The number of hydrogen-bond acceptors (Lipinski definition) is 5. The average Bonchev–Trinajstić information content (AvgIpc) is 2.62. The Balaban J connectivity index is 2.20. The smallest absolute Gasteiger partial charge is 0.206 e. The third-order valence-corrected chi connectivity index (χ3v) is 4.76. The molecule has 0 saturated carbocycles. The number of rotatable bonds is 4. The molecule has 1 saturated heterocycles. The number of para-hydroxylation sites is 1. The van der Waals surface area contributed by atoms with Gasteiger partial charge in [-0.25, -0.2) is 4.89 Å². The number of ether oxygens (including phenoxy) is 1. The molecule has 1 fully saturated rings. The van der Waals surface area contributed by atoms with Crippen LogP contribution in [0.1, 0.15) is 31.4 Å². The number of carbonyl (C=O) groups excluding carboxylic acids is 1. The zero-order chi connectivity index (χ0) is 18.1. The van der Waals surface area contributed by atoms with Crippen LogP contribution in [0.4, 0.5) is 0 Å². The van der Waals surface area contributed by atoms with E-state index in [9.17, 15) is 9.90 Å². The Kier molecular flexibility index (Phi) is 4.64. The van der Waals surface area contributed by atoms with Crippen molar-refractivity contribution in [1.29, 1.82) is 0 Å². The van der Waals surface area contributed by atoms with Crippen LogP contribution in [0.5, 0.6) is 5.75 Å². The van der Waals surface area contributed by atoms with Gasteiger partial charge in [0.2, 0.25) is 5.79 Å². The number of ketones is 1. The molecule has 132 valence electrons. The molecular formula is C20H22O5. The fourth-order valence-corrected chi connectivity index (χ4v) is 3.41. The first-order valence-electron chi connectivity index (χ1n) is 8.19. The topological polar surface area (TPSA) is 65.0 Å². The number of methoxy groups -OCH3 is 1. The van der Waals surface area contributed by atoms with Crippen molar-refractivity contribution in [3.8, 4) is 5.75 Å². The standard InChI is InChI=1S/C20H22O5/c1-14(21)17-13-20(25-24-19(17,2)22,15-9-5-4-6-10-15)16-11-7-8-12-18(16)23-3/h4-12,17,22H,13H2,1-3H3. The summed E-state index contributed by atoms with van der Waals surface area (Å²) < 4.78 is 5.51. The van der Waals surface area contributed by atoms with E-state index in [4.69, 9.17) is 14.5 Å². The monoisotopic (exact) mass is 342 g/mol. The maximum absolute atomic E-state index is 12.2. The molecule has 0 radical (unpaired) electrons. The van der Waals surface area contributed by atoms with E-state index < -0.39 is 17.3 Å². The summed E-state index contributed by atoms with van der Waals surface area (Å²) in [6.07, 6.45) is 0.236. The molecule has 25 heavy (non-hydrogen) atoms. The summed E-state index contributed by atoms with van der Waals surface area (Å²) in [6, 6.07) is 17.0. The minimum absolute atomic E-state index is 0.163. The number of hydrogen-bond donors (Lipinski definition) is 1. The second kappa shape index (κ2) is 6.59. The molecule has 2 aromatic rings. The van der Waals surface area contributed by atoms with E-state index in [2.05, 4.69) is 0 Å². The molecule has 1 aliphatic heterocycles. The zero-order valence-electron chi connectivity index (χ0n) is 14.6. The highest BCUT2D eigenvalue weighted by atomic mass is 17.2. The molecule has 0 amide bonds. The fraction of sp³-hybridized carbons (Fsp3) is 0.350. The number of aliphatic hydroxyl groups is 1. The predicted molar refractivity (Wildman–Crippen MR) is 91.8 cm³/mol. The molecule has 3 unspecified atom stereocenters. The van der Waals surface area contributed by atoms with Gasteiger partial charge in [0, 0.05) is 12.0 Å². The Labute approximate surface area is 147 Å². The highest BCUT2D eigenvalue weighted by molar-refractivity contribution is 5.79. The molecule has 0 aliphatic carbocycles. The fourth-order valence-electron chi connectivity index (χ4n) is 3.41. The predicted octanol–water partition coefficient (Wildman–Crippen LogP) is 3.20. The largest absolute Gasteiger partial charge is 0.496 e. The highest BCUT2D eigenvalue weighted by Gasteiger charge is 2.53. The van der Waals surface area contributed by atoms with Crippen LogP contribution in [0, 0.1) is 5.92 Å². The van der Waals surface area contributed by atoms with E-state index in [1.807, 2.05) is 54.6 Å². The Morgan fingerprint density at radius 1 is 1.12 bits per heavy atom. The summed E-state index contributed by atoms with van der Waals surface area (Å²) in [4.78, 5) is 23.3. The van der Waals surface area contributed by atoms with Crippen LogP contribution in [0.15, 0.2) is 54.6 Å². The van der Waals surface area contributed by atoms with Gasteiger partial charge in [-0.05, 0) is 25.5 Å². The van der Waals surface area contributed by atoms with Crippen LogP contribution in [0.25, 0.3) is 0 Å². The second-order valence-corrected chi connectivity index (χ2v) is 6.48. The lowest BCUT2D eigenvalue weighted by Crippen LogP contribution is -2.53. The van der Waals surface area contributed by atoms with E-state index in [1.165, 1.54) is 13.8 Å². The maximum Gasteiger partial charge on any atom is 0.206 e. The van der Waals surface area contributed by atoms with E-state index in [0.717, 1.165) is 11.1 Å². The first kappa shape index (κ1) is 17.6. The van der Waals surface area contributed by atoms with E-state index in [1.54, 1.807) is 7.11 Å². The van der Waals surface area contributed by atoms with Crippen molar-refractivity contribution in [3.05, 3.63) is 65.7 Å². The van der Waals surface area contributed by atoms with Crippen molar-refractivity contribution in [1.82, 2.24) is 0 Å². The maximum atomic E-state index is 12.2. The molecule has 1 aliphatic rings. The van der Waals surface area contributed by atoms with Gasteiger partial charge in [0.1, 0.15) is 11.5 Å². The van der Waals surface area contributed by atoms with Crippen LogP contribution < -0.4 is 4.74 Å². The average molecular weight is 342 g/mol. The minimum Gasteiger partial charge on any atom is -0.496 e. The van der Waals surface area contributed by atoms with Crippen LogP contribution in [0.3, 0.4) is 0 Å². The molecule has 0 bridgehead atoms. The van der Waals surface area contributed by atoms with Crippen molar-refractivity contribution in [3.63, 3.8) is 0 Å². The Hall–Kier alpha value is -2.21. The molecule has 0 spiro atoms. The van der Waals surface area contributed by atoms with Crippen molar-refractivity contribution in [2.75, 3.05) is 7.11 Å². The summed E-state index contributed by atoms with van der Waals surface area (Å²) in [5.74, 6) is -1.97. The van der Waals surface area contributed by atoms with Gasteiger partial charge < -0.3 is 9.84 Å². The van der Waals surface area contributed by atoms with Gasteiger partial charge in [-0.2, -0.15) is 4.89 Å². The molecule has 3 rings (SSSR count). The normalized spacial score (nSPS) is 29.2. The van der Waals surface area contributed by atoms with Crippen LogP contribution >= 0.6 is 0 Å². The van der Waals surface area contributed by atoms with Crippen LogP contribution in [-0.2, 0) is 20.2 Å². The molecule has 5 heteroatoms. The molecule has 0 aromatic heterocycles. The molecule has 3 atom stereocenters. The SMILES string of the molecule is COc1ccccc1C1(c2ccccc2)CC(C(C)=O)C(C)(O)OO1. The first-order valence-corrected chi connectivity index (χ1v) is 8.19. The zero-order valence-corrected chi connectivity index (χ0v) is 14.6. The van der Waals surface area contributed by atoms with Crippen molar-refractivity contribution < 1.29 is 24.4 Å². The van der Waals surface area contributed by atoms with E-state index in [-0.39, 0.29) is 12.2 Å². The summed E-state index contributed by atoms with van der Waals surface area (Å²) in [7, 11) is 1.58. The molecule has 1 heterocycles. The van der Waals surface area contributed by atoms with Gasteiger partial charge in [-0.1, -0.05) is 48.5 Å². The van der Waals surface area contributed by atoms with Gasteiger partial charge in [0.15, 0.2) is 5.60 Å². The number of benzene rings is 2. The second-order valence-electron chi connectivity index (χ2n) is 6.48. The van der Waals surface area contributed by atoms with Crippen molar-refractivity contribution in [2.45, 2.75) is 31.7 Å². The Morgan fingerprint density at radius 3 is 2.40 bits per heavy atom. The third-order valence-electron chi connectivity index (χ3n) is 4.76. The van der Waals surface area contributed by atoms with Crippen molar-refractivity contribution in [2.24, 2.45) is 5.92 Å². The number of carbonyl (C=O) groups is 1. The molecule has 2 aromatic carbocycles. The first-order chi connectivity index (χ1) is 11.9. The van der Waals surface area contributed by atoms with Crippen LogP contribution in [-0.4, -0.2) is 23.8 Å². The van der Waals surface area contributed by atoms with E-state index in [0.29, 0.717) is 5.75 Å². The quantitative estimate of drug-likeness (QED) is 0.865. The third kappa shape index (κ3) is 3.06. The molecule has 1 N–H and O–H groups in total. The number of Topliss-reactive ketones (excluding diaryl/α,β-unsaturated/α-hetero) is 1. The molecular weight excluding hydrogens is 320 g/mol. The summed E-state index contributed by atoms with van der Waals surface area (Å²) >= 11 is 0. The Bertz CT molecular complexity index is 756. The Morgan fingerprint density at radius 2 is 1.76 bits per heavy atom. The lowest BCUT2D eigenvalue weighted by molar-refractivity contribution is -0.487. The summed E-state index contributed by atoms with van der Waals surface area (Å²) in [5.41, 5.74) is 0.499. The lowest BCUT2D eigenvalue weighted by Gasteiger charge is -2.45. The van der Waals surface area contributed by atoms with E-state index >= 15 is 0 Å². The van der Waals surface area contributed by atoms with Gasteiger partial charge in [-0.15, -0.1) is 0 Å².